The molecule has 8 heteroatoms. The zero-order valence-corrected chi connectivity index (χ0v) is 12.9. The summed E-state index contributed by atoms with van der Waals surface area (Å²) in [4.78, 5) is 10.0. The van der Waals surface area contributed by atoms with Gasteiger partial charge in [0.25, 0.3) is 0 Å². The van der Waals surface area contributed by atoms with Gasteiger partial charge in [0.05, 0.1) is 0 Å². The van der Waals surface area contributed by atoms with Crippen molar-refractivity contribution < 1.29 is 18.3 Å². The Labute approximate surface area is 122 Å². The first-order valence-electron chi connectivity index (χ1n) is 5.18. The second-order valence-electron chi connectivity index (χ2n) is 3.64. The molecule has 0 amide bonds. The smallest absolute Gasteiger partial charge is 0.320 e. The third-order valence-corrected chi connectivity index (χ3v) is 1.67. The predicted molar refractivity (Wildman–Crippen MR) is 77.5 cm³/mol. The molecule has 0 saturated carbocycles. The fourth-order valence-electron chi connectivity index (χ4n) is 0.670. The van der Waals surface area contributed by atoms with Crippen LogP contribution in [-0.2, 0) is 13.1 Å². The van der Waals surface area contributed by atoms with Crippen LogP contribution in [0.3, 0.4) is 0 Å². The molecule has 3 N–H and O–H groups in total. The van der Waals surface area contributed by atoms with Crippen LogP contribution in [0.1, 0.15) is 13.8 Å². The van der Waals surface area contributed by atoms with E-state index in [4.69, 9.17) is 19.3 Å². The Morgan fingerprint density at radius 2 is 1.26 bits per heavy atom. The molecule has 0 aromatic heterocycles. The van der Waals surface area contributed by atoms with Gasteiger partial charge in [-0.05, 0) is 5.92 Å². The Morgan fingerprint density at radius 1 is 1.05 bits per heavy atom. The summed E-state index contributed by atoms with van der Waals surface area (Å²) in [5.41, 5.74) is 5.16. The molecule has 110 valence electrons. The summed E-state index contributed by atoms with van der Waals surface area (Å²) < 4.78 is 18.3. The first kappa shape index (κ1) is 20.5. The summed E-state index contributed by atoms with van der Waals surface area (Å²) in [6, 6.07) is 11.3. The van der Waals surface area contributed by atoms with E-state index in [-0.39, 0.29) is 5.92 Å². The molecule has 0 spiro atoms. The quantitative estimate of drug-likeness (QED) is 0.812. The number of benzene rings is 1. The lowest BCUT2D eigenvalue weighted by Crippen LogP contribution is -2.34. The maximum absolute atomic E-state index is 10.0. The third-order valence-electron chi connectivity index (χ3n) is 1.67. The summed E-state index contributed by atoms with van der Waals surface area (Å²) in [6.07, 6.45) is 0. The average Bonchev–Trinajstić information content (AvgIpc) is 2.28. The second-order valence-corrected chi connectivity index (χ2v) is 7.31. The Kier molecular flexibility index (Phi) is 11.9. The van der Waals surface area contributed by atoms with Gasteiger partial charge in [-0.15, -0.1) is 0 Å². The number of rotatable bonds is 2. The molecule has 19 heavy (non-hydrogen) atoms. The van der Waals surface area contributed by atoms with E-state index in [9.17, 15) is 4.79 Å². The zero-order valence-electron chi connectivity index (χ0n) is 10.5. The van der Waals surface area contributed by atoms with E-state index < -0.39 is 20.3 Å². The Balaban J connectivity index is 0. The molecule has 1 aromatic rings. The molecule has 1 aromatic carbocycles. The van der Waals surface area contributed by atoms with Crippen LogP contribution in [0.15, 0.2) is 36.4 Å². The third kappa shape index (κ3) is 22.8. The van der Waals surface area contributed by atoms with Gasteiger partial charge in [-0.2, -0.15) is 8.42 Å². The van der Waals surface area contributed by atoms with Crippen LogP contribution in [0.25, 0.3) is 0 Å². The number of nitrogens with two attached hydrogens (primary N) is 1. The van der Waals surface area contributed by atoms with E-state index >= 15 is 0 Å². The molecular weight excluding hydrogens is 313 g/mol. The molecule has 5 nitrogen and oxygen atoms in total. The van der Waals surface area contributed by atoms with Gasteiger partial charge in [0, 0.05) is 21.4 Å². The molecule has 0 unspecified atom stereocenters. The minimum absolute atomic E-state index is 0.0208. The van der Waals surface area contributed by atoms with Gasteiger partial charge < -0.3 is 10.8 Å². The molecule has 0 heterocycles. The summed E-state index contributed by atoms with van der Waals surface area (Å²) >= 11 is 0. The SMILES string of the molecule is CC(C)[C@H](N)C(=O)O.O=S(=O)(Cl)Cl.c1ccccc1. The van der Waals surface area contributed by atoms with Crippen LogP contribution in [0.5, 0.6) is 0 Å². The highest BCUT2D eigenvalue weighted by molar-refractivity contribution is 8.31. The highest BCUT2D eigenvalue weighted by Gasteiger charge is 2.14. The number of hydrogen-bond acceptors (Lipinski definition) is 4. The molecule has 0 aliphatic rings. The largest absolute Gasteiger partial charge is 0.480 e. The van der Waals surface area contributed by atoms with Crippen molar-refractivity contribution in [2.75, 3.05) is 0 Å². The van der Waals surface area contributed by atoms with Gasteiger partial charge in [-0.1, -0.05) is 50.2 Å². The van der Waals surface area contributed by atoms with Gasteiger partial charge in [0.1, 0.15) is 6.04 Å². The van der Waals surface area contributed by atoms with Crippen LogP contribution in [0.2, 0.25) is 0 Å². The van der Waals surface area contributed by atoms with Crippen molar-refractivity contribution in [2.45, 2.75) is 19.9 Å². The Bertz CT molecular complexity index is 403. The molecule has 0 bridgehead atoms. The maximum Gasteiger partial charge on any atom is 0.320 e. The minimum Gasteiger partial charge on any atom is -0.480 e. The second kappa shape index (κ2) is 11.0. The molecule has 0 radical (unpaired) electrons. The van der Waals surface area contributed by atoms with Crippen LogP contribution < -0.4 is 5.73 Å². The molecular formula is C11H17Cl2NO4S. The molecule has 0 fully saturated rings. The standard InChI is InChI=1S/C6H6.C5H11NO2.Cl2O2S/c1-2-4-6-5-3-1;1-3(2)4(6)5(7)8;1-5(2,3)4/h1-6H;3-4H,6H2,1-2H3,(H,7,8);/t;4-;/m.0./s1. The average molecular weight is 330 g/mol. The number of halogens is 2. The van der Waals surface area contributed by atoms with E-state index in [1.165, 1.54) is 0 Å². The van der Waals surface area contributed by atoms with Crippen molar-refractivity contribution in [3.63, 3.8) is 0 Å². The van der Waals surface area contributed by atoms with E-state index in [2.05, 4.69) is 21.4 Å². The Morgan fingerprint density at radius 3 is 1.32 bits per heavy atom. The van der Waals surface area contributed by atoms with E-state index in [0.29, 0.717) is 0 Å². The molecule has 0 aliphatic heterocycles. The number of hydrogen-bond donors (Lipinski definition) is 2. The number of aliphatic carboxylic acids is 1. The molecule has 1 atom stereocenters. The monoisotopic (exact) mass is 329 g/mol. The van der Waals surface area contributed by atoms with Gasteiger partial charge in [-0.25, -0.2) is 0 Å². The van der Waals surface area contributed by atoms with Crippen molar-refractivity contribution in [3.8, 4) is 0 Å². The lowest BCUT2D eigenvalue weighted by Gasteiger charge is -2.07. The topological polar surface area (TPSA) is 97.5 Å². The van der Waals surface area contributed by atoms with Crippen LogP contribution in [0.4, 0.5) is 0 Å². The molecule has 0 aliphatic carbocycles. The van der Waals surface area contributed by atoms with Crippen LogP contribution in [-0.4, -0.2) is 25.5 Å². The number of carboxylic acid groups (broad SMARTS) is 1. The van der Waals surface area contributed by atoms with E-state index in [1.54, 1.807) is 13.8 Å². The number of carbonyl (C=O) groups is 1. The zero-order chi connectivity index (χ0) is 15.5. The van der Waals surface area contributed by atoms with Gasteiger partial charge in [0.2, 0.25) is 0 Å². The lowest BCUT2D eigenvalue weighted by atomic mass is 10.1. The fraction of sp³-hybridized carbons (Fsp3) is 0.364. The Hall–Kier alpha value is -0.820. The van der Waals surface area contributed by atoms with E-state index in [1.807, 2.05) is 36.4 Å². The van der Waals surface area contributed by atoms with Crippen molar-refractivity contribution in [2.24, 2.45) is 11.7 Å². The summed E-state index contributed by atoms with van der Waals surface area (Å²) in [5, 5.41) is 8.23. The maximum atomic E-state index is 10.0. The highest BCUT2D eigenvalue weighted by atomic mass is 36.0. The minimum atomic E-state index is -3.72. The van der Waals surface area contributed by atoms with Gasteiger partial charge in [-0.3, -0.25) is 4.79 Å². The first-order chi connectivity index (χ1) is 8.55. The van der Waals surface area contributed by atoms with Crippen molar-refractivity contribution in [1.82, 2.24) is 0 Å². The molecule has 1 rings (SSSR count). The first-order valence-corrected chi connectivity index (χ1v) is 8.32. The van der Waals surface area contributed by atoms with Gasteiger partial charge >= 0.3 is 14.2 Å². The van der Waals surface area contributed by atoms with Gasteiger partial charge in [0.15, 0.2) is 0 Å². The normalized spacial score (nSPS) is 11.5. The summed E-state index contributed by atoms with van der Waals surface area (Å²) in [6.45, 7) is 3.55. The lowest BCUT2D eigenvalue weighted by molar-refractivity contribution is -0.139. The summed E-state index contributed by atoms with van der Waals surface area (Å²) in [7, 11) is 4.81. The van der Waals surface area contributed by atoms with Crippen LogP contribution >= 0.6 is 21.4 Å². The molecule has 0 saturated heterocycles. The van der Waals surface area contributed by atoms with Crippen LogP contribution in [0, 0.1) is 5.92 Å². The number of carboxylic acids is 1. The fourth-order valence-corrected chi connectivity index (χ4v) is 0.670. The predicted octanol–water partition coefficient (Wildman–Crippen LogP) is 2.45. The highest BCUT2D eigenvalue weighted by Crippen LogP contribution is 1.98. The van der Waals surface area contributed by atoms with Crippen molar-refractivity contribution >= 4 is 35.6 Å². The van der Waals surface area contributed by atoms with Crippen molar-refractivity contribution in [3.05, 3.63) is 36.4 Å². The van der Waals surface area contributed by atoms with Crippen molar-refractivity contribution in [1.29, 1.82) is 0 Å². The van der Waals surface area contributed by atoms with E-state index in [0.717, 1.165) is 0 Å². The summed E-state index contributed by atoms with van der Waals surface area (Å²) in [5.74, 6) is -0.910.